The van der Waals surface area contributed by atoms with Gasteiger partial charge in [0.15, 0.2) is 0 Å². The lowest BCUT2D eigenvalue weighted by molar-refractivity contribution is -0.522. The summed E-state index contributed by atoms with van der Waals surface area (Å²) in [6, 6.07) is 23.5. The van der Waals surface area contributed by atoms with Crippen molar-refractivity contribution in [3.05, 3.63) is 90.5 Å². The number of benzene rings is 2. The van der Waals surface area contributed by atoms with Gasteiger partial charge in [-0.1, -0.05) is 47.1 Å². The molecule has 0 atom stereocenters. The minimum absolute atomic E-state index is 0.165. The first-order valence-electron chi connectivity index (χ1n) is 13.1. The molecule has 180 valence electrons. The van der Waals surface area contributed by atoms with Gasteiger partial charge in [-0.25, -0.2) is 0 Å². The van der Waals surface area contributed by atoms with E-state index < -0.39 is 0 Å². The highest BCUT2D eigenvalue weighted by Gasteiger charge is 2.34. The fourth-order valence-corrected chi connectivity index (χ4v) is 5.77. The van der Waals surface area contributed by atoms with E-state index in [2.05, 4.69) is 80.8 Å². The van der Waals surface area contributed by atoms with Gasteiger partial charge in [0.05, 0.1) is 23.6 Å². The number of rotatable bonds is 5. The number of aromatic nitrogens is 4. The Hall–Kier alpha value is -3.61. The van der Waals surface area contributed by atoms with Crippen LogP contribution in [0.5, 0.6) is 0 Å². The second-order valence-corrected chi connectivity index (χ2v) is 10.4. The van der Waals surface area contributed by atoms with Gasteiger partial charge in [0.1, 0.15) is 5.69 Å². The van der Waals surface area contributed by atoms with Gasteiger partial charge in [-0.3, -0.25) is 9.88 Å². The summed E-state index contributed by atoms with van der Waals surface area (Å²) in [5.74, 6) is 1.05. The average molecular weight is 476 g/mol. The summed E-state index contributed by atoms with van der Waals surface area (Å²) in [5.41, 5.74) is 13.0. The van der Waals surface area contributed by atoms with Crippen LogP contribution in [0.15, 0.2) is 79.1 Å². The van der Waals surface area contributed by atoms with Crippen molar-refractivity contribution in [3.8, 4) is 16.8 Å². The number of nitrogens with two attached hydrogens (primary N) is 1. The van der Waals surface area contributed by atoms with Crippen LogP contribution < -0.4 is 10.1 Å². The van der Waals surface area contributed by atoms with Gasteiger partial charge in [-0.05, 0) is 80.6 Å². The number of fused-ring (bicyclic) bond motifs is 3. The molecule has 36 heavy (non-hydrogen) atoms. The second kappa shape index (κ2) is 8.50. The molecule has 7 rings (SSSR count). The van der Waals surface area contributed by atoms with Crippen LogP contribution in [0.4, 0.5) is 0 Å². The van der Waals surface area contributed by atoms with Crippen molar-refractivity contribution in [2.75, 3.05) is 13.1 Å². The van der Waals surface area contributed by atoms with E-state index in [4.69, 9.17) is 15.8 Å². The molecule has 4 heterocycles. The molecule has 2 aromatic carbocycles. The summed E-state index contributed by atoms with van der Waals surface area (Å²) in [7, 11) is 0. The zero-order valence-electron chi connectivity index (χ0n) is 20.5. The first kappa shape index (κ1) is 21.7. The average Bonchev–Trinajstić information content (AvgIpc) is 3.56. The summed E-state index contributed by atoms with van der Waals surface area (Å²) >= 11 is 0. The van der Waals surface area contributed by atoms with Crippen LogP contribution in [0.2, 0.25) is 0 Å². The number of nitrogens with zero attached hydrogens (tertiary/aromatic N) is 5. The molecule has 0 bridgehead atoms. The van der Waals surface area contributed by atoms with Crippen LogP contribution in [-0.2, 0) is 12.1 Å². The van der Waals surface area contributed by atoms with Crippen molar-refractivity contribution in [1.82, 2.24) is 19.7 Å². The summed E-state index contributed by atoms with van der Waals surface area (Å²) in [6.45, 7) is 3.11. The molecule has 0 spiro atoms. The van der Waals surface area contributed by atoms with Gasteiger partial charge in [0, 0.05) is 22.4 Å². The summed E-state index contributed by atoms with van der Waals surface area (Å²) in [4.78, 5) is 7.34. The van der Waals surface area contributed by atoms with Crippen LogP contribution in [0.25, 0.3) is 33.4 Å². The van der Waals surface area contributed by atoms with Crippen LogP contribution >= 0.6 is 0 Å². The van der Waals surface area contributed by atoms with Crippen LogP contribution in [0, 0.1) is 0 Å². The van der Waals surface area contributed by atoms with E-state index in [1.165, 1.54) is 24.8 Å². The second-order valence-electron chi connectivity index (χ2n) is 10.4. The van der Waals surface area contributed by atoms with Crippen molar-refractivity contribution < 1.29 is 4.40 Å². The van der Waals surface area contributed by atoms with Crippen LogP contribution in [0.3, 0.4) is 0 Å². The molecule has 1 aliphatic heterocycles. The van der Waals surface area contributed by atoms with Gasteiger partial charge < -0.3 is 5.73 Å². The molecule has 1 saturated heterocycles. The van der Waals surface area contributed by atoms with E-state index in [0.717, 1.165) is 71.7 Å². The number of pyridine rings is 2. The molecular formula is C30H31N6+. The number of hydrogen-bond acceptors (Lipinski definition) is 4. The van der Waals surface area contributed by atoms with E-state index in [1.54, 1.807) is 0 Å². The molecule has 2 aliphatic rings. The Kier molecular flexibility index (Phi) is 5.11. The quantitative estimate of drug-likeness (QED) is 0.372. The van der Waals surface area contributed by atoms with E-state index >= 15 is 0 Å². The highest BCUT2D eigenvalue weighted by atomic mass is 15.4. The fraction of sp³-hybridized carbons (Fsp3) is 0.300. The fourth-order valence-electron chi connectivity index (χ4n) is 5.77. The monoisotopic (exact) mass is 475 g/mol. The smallest absolute Gasteiger partial charge is 0.297 e. The van der Waals surface area contributed by atoms with E-state index in [1.807, 2.05) is 12.3 Å². The first-order valence-corrected chi connectivity index (χ1v) is 13.1. The van der Waals surface area contributed by atoms with E-state index in [9.17, 15) is 0 Å². The van der Waals surface area contributed by atoms with Crippen molar-refractivity contribution in [1.29, 1.82) is 0 Å². The normalized spacial score (nSPS) is 17.6. The third-order valence-electron chi connectivity index (χ3n) is 8.07. The lowest BCUT2D eigenvalue weighted by atomic mass is 9.73. The van der Waals surface area contributed by atoms with Crippen molar-refractivity contribution in [3.63, 3.8) is 0 Å². The zero-order chi connectivity index (χ0) is 24.1. The standard InChI is InChI=1S/C30H31N6/c31-30(14-6-15-30)24-9-11-25(12-10-24)36-29-26-19-23(22-7-2-1-3-8-22)20-32-27(26)13-18-35(29)28(33-36)21-34-16-4-5-17-34/h1-3,7-13,18-20H,4-6,14-17,21,31H2/q+1. The third kappa shape index (κ3) is 3.60. The molecule has 1 saturated carbocycles. The molecule has 6 nitrogen and oxygen atoms in total. The van der Waals surface area contributed by atoms with Gasteiger partial charge >= 0.3 is 0 Å². The molecule has 3 aromatic heterocycles. The third-order valence-corrected chi connectivity index (χ3v) is 8.07. The maximum atomic E-state index is 6.60. The predicted octanol–water partition coefficient (Wildman–Crippen LogP) is 4.76. The summed E-state index contributed by atoms with van der Waals surface area (Å²) in [5, 5.41) is 6.28. The predicted molar refractivity (Wildman–Crippen MR) is 142 cm³/mol. The molecule has 5 aromatic rings. The molecule has 0 amide bonds. The summed E-state index contributed by atoms with van der Waals surface area (Å²) < 4.78 is 4.35. The minimum atomic E-state index is -0.165. The van der Waals surface area contributed by atoms with Gasteiger partial charge in [0.2, 0.25) is 0 Å². The van der Waals surface area contributed by atoms with E-state index in [-0.39, 0.29) is 5.54 Å². The van der Waals surface area contributed by atoms with Crippen LogP contribution in [-0.4, -0.2) is 32.8 Å². The Bertz CT molecular complexity index is 1540. The van der Waals surface area contributed by atoms with E-state index in [0.29, 0.717) is 0 Å². The van der Waals surface area contributed by atoms with Gasteiger partial charge in [-0.15, -0.1) is 0 Å². The van der Waals surface area contributed by atoms with Gasteiger partial charge in [0.25, 0.3) is 11.5 Å². The highest BCUT2D eigenvalue weighted by molar-refractivity contribution is 5.92. The lowest BCUT2D eigenvalue weighted by Gasteiger charge is -2.38. The summed E-state index contributed by atoms with van der Waals surface area (Å²) in [6.07, 6.45) is 9.95. The first-order chi connectivity index (χ1) is 17.7. The molecule has 2 N–H and O–H groups in total. The Balaban J connectivity index is 1.41. The maximum absolute atomic E-state index is 6.60. The molecule has 0 radical (unpaired) electrons. The van der Waals surface area contributed by atoms with Crippen LogP contribution in [0.1, 0.15) is 43.5 Å². The highest BCUT2D eigenvalue weighted by Crippen LogP contribution is 2.38. The zero-order valence-corrected chi connectivity index (χ0v) is 20.5. The molecule has 1 aliphatic carbocycles. The molecular weight excluding hydrogens is 444 g/mol. The van der Waals surface area contributed by atoms with Crippen molar-refractivity contribution in [2.45, 2.75) is 44.2 Å². The van der Waals surface area contributed by atoms with Crippen molar-refractivity contribution in [2.24, 2.45) is 5.73 Å². The SMILES string of the molecule is NC1(c2ccc(-n3nc(CN4CCCC4)[n+]4ccc5ncc(-c6ccccc6)cc5c34)cc2)CCC1. The van der Waals surface area contributed by atoms with Crippen molar-refractivity contribution >= 4 is 16.6 Å². The molecule has 6 heteroatoms. The Labute approximate surface area is 211 Å². The largest absolute Gasteiger partial charge is 0.321 e. The number of likely N-dealkylation sites (tertiary alicyclic amines) is 1. The lowest BCUT2D eigenvalue weighted by Crippen LogP contribution is -2.43. The minimum Gasteiger partial charge on any atom is -0.321 e. The Morgan fingerprint density at radius 3 is 2.39 bits per heavy atom. The molecule has 2 fully saturated rings. The Morgan fingerprint density at radius 2 is 1.67 bits per heavy atom. The molecule has 0 unspecified atom stereocenters. The number of hydrogen-bond donors (Lipinski definition) is 1. The topological polar surface area (TPSA) is 64.1 Å². The Morgan fingerprint density at radius 1 is 0.889 bits per heavy atom. The maximum Gasteiger partial charge on any atom is 0.297 e. The van der Waals surface area contributed by atoms with Gasteiger partial charge in [-0.2, -0.15) is 4.40 Å².